The van der Waals surface area contributed by atoms with Crippen molar-refractivity contribution in [1.29, 1.82) is 0 Å². The number of nitrogens with one attached hydrogen (secondary N) is 2. The van der Waals surface area contributed by atoms with Crippen molar-refractivity contribution < 1.29 is 14.0 Å². The molecule has 5 rings (SSSR count). The highest BCUT2D eigenvalue weighted by Gasteiger charge is 2.34. The topological polar surface area (TPSA) is 100 Å². The molecule has 4 heterocycles. The lowest BCUT2D eigenvalue weighted by molar-refractivity contribution is 0.103. The number of pyridine rings is 1. The molecule has 0 spiro atoms. The van der Waals surface area contributed by atoms with Crippen LogP contribution in [0.2, 0.25) is 5.02 Å². The maximum absolute atomic E-state index is 13.6. The van der Waals surface area contributed by atoms with Gasteiger partial charge in [0.05, 0.1) is 33.7 Å². The van der Waals surface area contributed by atoms with Crippen LogP contribution in [0.4, 0.5) is 32.1 Å². The molecule has 0 aliphatic carbocycles. The molecule has 8 nitrogen and oxygen atoms in total. The number of benzene rings is 1. The van der Waals surface area contributed by atoms with E-state index < -0.39 is 17.8 Å². The molecule has 4 aromatic rings. The van der Waals surface area contributed by atoms with Gasteiger partial charge in [0, 0.05) is 6.20 Å². The van der Waals surface area contributed by atoms with Crippen molar-refractivity contribution >= 4 is 68.0 Å². The summed E-state index contributed by atoms with van der Waals surface area (Å²) < 4.78 is 13.6. The number of hydrogen-bond donors (Lipinski definition) is 2. The van der Waals surface area contributed by atoms with Crippen molar-refractivity contribution in [3.8, 4) is 0 Å². The van der Waals surface area contributed by atoms with Crippen molar-refractivity contribution in [3.05, 3.63) is 64.8 Å². The van der Waals surface area contributed by atoms with E-state index in [4.69, 9.17) is 11.6 Å². The Morgan fingerprint density at radius 3 is 2.90 bits per heavy atom. The van der Waals surface area contributed by atoms with Gasteiger partial charge in [-0.25, -0.2) is 24.1 Å². The van der Waals surface area contributed by atoms with E-state index in [0.717, 1.165) is 11.3 Å². The Balaban J connectivity index is 1.62. The highest BCUT2D eigenvalue weighted by atomic mass is 35.5. The predicted octanol–water partition coefficient (Wildman–Crippen LogP) is 4.81. The molecule has 2 N–H and O–H groups in total. The molecule has 1 aliphatic heterocycles. The number of carbonyl (C=O) groups excluding carboxylic acids is 2. The summed E-state index contributed by atoms with van der Waals surface area (Å²) in [5, 5.41) is 5.86. The fourth-order valence-electron chi connectivity index (χ4n) is 3.11. The van der Waals surface area contributed by atoms with E-state index in [1.54, 1.807) is 18.3 Å². The third-order valence-corrected chi connectivity index (χ3v) is 5.79. The Morgan fingerprint density at radius 1 is 1.27 bits per heavy atom. The summed E-state index contributed by atoms with van der Waals surface area (Å²) in [6.45, 7) is 0. The van der Waals surface area contributed by atoms with Crippen molar-refractivity contribution in [2.24, 2.45) is 0 Å². The first kappa shape index (κ1) is 18.4. The SMILES string of the molecule is O=C(Nc1cccnc1)c1sc2ncnc3c2c1NC(=O)N3c1ccc(F)c(Cl)c1. The van der Waals surface area contributed by atoms with Crippen LogP contribution in [-0.4, -0.2) is 26.9 Å². The molecule has 0 saturated heterocycles. The maximum atomic E-state index is 13.6. The number of halogens is 2. The first-order valence-electron chi connectivity index (χ1n) is 8.58. The van der Waals surface area contributed by atoms with Crippen molar-refractivity contribution in [3.63, 3.8) is 0 Å². The van der Waals surface area contributed by atoms with E-state index in [0.29, 0.717) is 27.3 Å². The van der Waals surface area contributed by atoms with Crippen LogP contribution in [0, 0.1) is 5.82 Å². The third-order valence-electron chi connectivity index (χ3n) is 4.40. The number of rotatable bonds is 3. The second-order valence-corrected chi connectivity index (χ2v) is 7.65. The number of carbonyl (C=O) groups is 2. The summed E-state index contributed by atoms with van der Waals surface area (Å²) in [5.74, 6) is -0.736. The minimum absolute atomic E-state index is 0.127. The van der Waals surface area contributed by atoms with E-state index in [-0.39, 0.29) is 15.7 Å². The van der Waals surface area contributed by atoms with Crippen LogP contribution in [0.1, 0.15) is 9.67 Å². The number of anilines is 4. The minimum atomic E-state index is -0.601. The summed E-state index contributed by atoms with van der Waals surface area (Å²) in [5.41, 5.74) is 1.17. The molecular weight excluding hydrogens is 431 g/mol. The number of amides is 3. The number of hydrogen-bond acceptors (Lipinski definition) is 6. The molecule has 0 radical (unpaired) electrons. The lowest BCUT2D eigenvalue weighted by Crippen LogP contribution is -2.35. The van der Waals surface area contributed by atoms with Gasteiger partial charge in [-0.2, -0.15) is 0 Å². The standard InChI is InChI=1S/C19H10ClFN6O2S/c20-11-6-10(3-4-12(11)21)27-16-13-14(26-19(27)29)15(30-18(13)24-8-23-16)17(28)25-9-2-1-5-22-7-9/h1-8H,(H,25,28)(H,26,29). The fraction of sp³-hybridized carbons (Fsp3) is 0. The molecule has 3 aromatic heterocycles. The number of urea groups is 1. The van der Waals surface area contributed by atoms with Gasteiger partial charge in [0.2, 0.25) is 0 Å². The minimum Gasteiger partial charge on any atom is -0.320 e. The Hall–Kier alpha value is -3.63. The zero-order valence-electron chi connectivity index (χ0n) is 14.9. The van der Waals surface area contributed by atoms with Gasteiger partial charge in [-0.05, 0) is 30.3 Å². The Labute approximate surface area is 177 Å². The van der Waals surface area contributed by atoms with E-state index in [1.807, 2.05) is 0 Å². The number of nitrogens with zero attached hydrogens (tertiary/aromatic N) is 4. The highest BCUT2D eigenvalue weighted by molar-refractivity contribution is 7.21. The van der Waals surface area contributed by atoms with Gasteiger partial charge >= 0.3 is 6.03 Å². The first-order chi connectivity index (χ1) is 14.5. The molecule has 0 bridgehead atoms. The molecule has 11 heteroatoms. The lowest BCUT2D eigenvalue weighted by atomic mass is 10.2. The predicted molar refractivity (Wildman–Crippen MR) is 112 cm³/mol. The van der Waals surface area contributed by atoms with E-state index in [9.17, 15) is 14.0 Å². The molecule has 148 valence electrons. The molecule has 0 atom stereocenters. The maximum Gasteiger partial charge on any atom is 0.332 e. The molecule has 0 unspecified atom stereocenters. The quantitative estimate of drug-likeness (QED) is 0.476. The summed E-state index contributed by atoms with van der Waals surface area (Å²) in [6, 6.07) is 6.76. The largest absolute Gasteiger partial charge is 0.332 e. The molecule has 0 saturated carbocycles. The van der Waals surface area contributed by atoms with Crippen LogP contribution >= 0.6 is 22.9 Å². The smallest absolute Gasteiger partial charge is 0.320 e. The van der Waals surface area contributed by atoms with Gasteiger partial charge in [0.15, 0.2) is 5.82 Å². The average molecular weight is 441 g/mol. The third kappa shape index (κ3) is 2.93. The number of thiophene rings is 1. The van der Waals surface area contributed by atoms with Gasteiger partial charge in [-0.3, -0.25) is 9.78 Å². The van der Waals surface area contributed by atoms with Crippen LogP contribution in [-0.2, 0) is 0 Å². The Kier molecular flexibility index (Phi) is 4.30. The van der Waals surface area contributed by atoms with Crippen molar-refractivity contribution in [1.82, 2.24) is 15.0 Å². The second kappa shape index (κ2) is 7.01. The summed E-state index contributed by atoms with van der Waals surface area (Å²) in [7, 11) is 0. The van der Waals surface area contributed by atoms with Crippen LogP contribution in [0.15, 0.2) is 49.1 Å². The average Bonchev–Trinajstić information content (AvgIpc) is 3.11. The van der Waals surface area contributed by atoms with Crippen LogP contribution in [0.5, 0.6) is 0 Å². The van der Waals surface area contributed by atoms with E-state index in [1.165, 1.54) is 35.6 Å². The summed E-state index contributed by atoms with van der Waals surface area (Å²) in [6.07, 6.45) is 4.41. The van der Waals surface area contributed by atoms with Crippen LogP contribution < -0.4 is 15.5 Å². The van der Waals surface area contributed by atoms with Crippen molar-refractivity contribution in [2.75, 3.05) is 15.5 Å². The lowest BCUT2D eigenvalue weighted by Gasteiger charge is -2.27. The fourth-order valence-corrected chi connectivity index (χ4v) is 4.28. The van der Waals surface area contributed by atoms with Gasteiger partial charge in [-0.15, -0.1) is 11.3 Å². The second-order valence-electron chi connectivity index (χ2n) is 6.24. The van der Waals surface area contributed by atoms with Crippen molar-refractivity contribution in [2.45, 2.75) is 0 Å². The monoisotopic (exact) mass is 440 g/mol. The van der Waals surface area contributed by atoms with Gasteiger partial charge < -0.3 is 10.6 Å². The summed E-state index contributed by atoms with van der Waals surface area (Å²) in [4.78, 5) is 40.2. The molecule has 3 amide bonds. The van der Waals surface area contributed by atoms with Crippen LogP contribution in [0.3, 0.4) is 0 Å². The zero-order valence-corrected chi connectivity index (χ0v) is 16.5. The normalized spacial score (nSPS) is 12.7. The van der Waals surface area contributed by atoms with E-state index in [2.05, 4.69) is 25.6 Å². The molecular formula is C19H10ClFN6O2S. The van der Waals surface area contributed by atoms with Gasteiger partial charge in [0.1, 0.15) is 21.9 Å². The molecule has 1 aromatic carbocycles. The Morgan fingerprint density at radius 2 is 2.13 bits per heavy atom. The molecule has 30 heavy (non-hydrogen) atoms. The summed E-state index contributed by atoms with van der Waals surface area (Å²) >= 11 is 7.01. The Bertz CT molecular complexity index is 1330. The number of aromatic nitrogens is 3. The highest BCUT2D eigenvalue weighted by Crippen LogP contribution is 2.45. The zero-order chi connectivity index (χ0) is 20.8. The van der Waals surface area contributed by atoms with E-state index >= 15 is 0 Å². The van der Waals surface area contributed by atoms with Gasteiger partial charge in [0.25, 0.3) is 5.91 Å². The van der Waals surface area contributed by atoms with Gasteiger partial charge in [-0.1, -0.05) is 11.6 Å². The van der Waals surface area contributed by atoms with Crippen LogP contribution in [0.25, 0.3) is 10.2 Å². The molecule has 0 fully saturated rings. The first-order valence-corrected chi connectivity index (χ1v) is 9.77. The molecule has 1 aliphatic rings.